The van der Waals surface area contributed by atoms with Gasteiger partial charge in [0.15, 0.2) is 0 Å². The van der Waals surface area contributed by atoms with Crippen molar-refractivity contribution in [3.05, 3.63) is 30.1 Å². The molecule has 2 bridgehead atoms. The van der Waals surface area contributed by atoms with Crippen molar-refractivity contribution in [3.63, 3.8) is 0 Å². The minimum absolute atomic E-state index is 0.0486. The number of fused-ring (bicyclic) bond motifs is 1. The monoisotopic (exact) mass is 310 g/mol. The van der Waals surface area contributed by atoms with Crippen LogP contribution in [0.5, 0.6) is 0 Å². The average molecular weight is 310 g/mol. The van der Waals surface area contributed by atoms with E-state index in [1.165, 1.54) is 0 Å². The summed E-state index contributed by atoms with van der Waals surface area (Å²) in [5.41, 5.74) is -1.67. The van der Waals surface area contributed by atoms with Crippen molar-refractivity contribution in [3.8, 4) is 6.07 Å². The van der Waals surface area contributed by atoms with Gasteiger partial charge in [0, 0.05) is 32.3 Å². The van der Waals surface area contributed by atoms with E-state index < -0.39 is 22.5 Å². The number of pyridine rings is 1. The predicted molar refractivity (Wildman–Crippen MR) is 80.7 cm³/mol. The Hall–Kier alpha value is -2.42. The van der Waals surface area contributed by atoms with Crippen molar-refractivity contribution in [1.82, 2.24) is 14.8 Å². The average Bonchev–Trinajstić information content (AvgIpc) is 3.01. The maximum Gasteiger partial charge on any atom is 0.249 e. The van der Waals surface area contributed by atoms with Gasteiger partial charge in [0.1, 0.15) is 11.1 Å². The topological polar surface area (TPSA) is 77.3 Å². The second-order valence-corrected chi connectivity index (χ2v) is 7.42. The lowest BCUT2D eigenvalue weighted by Crippen LogP contribution is -2.60. The molecule has 23 heavy (non-hydrogen) atoms. The molecule has 1 spiro atoms. The Kier molecular flexibility index (Phi) is 2.41. The number of amides is 2. The standard InChI is InChI=1S/C17H18N4O2/c1-15(10-18)8-17-9-16(2,20(3)14(17)23)13(22)21(17)12(15)11-5-4-6-19-7-11/h4-7,12H,8-9H2,1-3H3/t12?,15-,16?,17+/m0/s1. The van der Waals surface area contributed by atoms with Gasteiger partial charge in [0.25, 0.3) is 0 Å². The smallest absolute Gasteiger partial charge is 0.249 e. The summed E-state index contributed by atoms with van der Waals surface area (Å²) in [4.78, 5) is 33.4. The molecule has 3 fully saturated rings. The zero-order valence-electron chi connectivity index (χ0n) is 13.4. The summed E-state index contributed by atoms with van der Waals surface area (Å²) < 4.78 is 0. The van der Waals surface area contributed by atoms with Crippen molar-refractivity contribution in [2.24, 2.45) is 5.41 Å². The molecule has 3 aliphatic heterocycles. The van der Waals surface area contributed by atoms with E-state index in [2.05, 4.69) is 11.1 Å². The number of piperazine rings is 1. The Labute approximate surface area is 134 Å². The molecule has 0 aromatic carbocycles. The van der Waals surface area contributed by atoms with Crippen LogP contribution >= 0.6 is 0 Å². The third kappa shape index (κ3) is 1.37. The number of nitrogens with zero attached hydrogens (tertiary/aromatic N) is 4. The van der Waals surface area contributed by atoms with Crippen LogP contribution in [0.2, 0.25) is 0 Å². The molecule has 0 N–H and O–H groups in total. The maximum atomic E-state index is 13.1. The van der Waals surface area contributed by atoms with Crippen LogP contribution in [0, 0.1) is 16.7 Å². The summed E-state index contributed by atoms with van der Waals surface area (Å²) in [7, 11) is 1.69. The lowest BCUT2D eigenvalue weighted by atomic mass is 9.76. The van der Waals surface area contributed by atoms with Crippen LogP contribution in [0.25, 0.3) is 0 Å². The van der Waals surface area contributed by atoms with Gasteiger partial charge in [0.2, 0.25) is 11.8 Å². The highest BCUT2D eigenvalue weighted by molar-refractivity contribution is 6.07. The van der Waals surface area contributed by atoms with Crippen LogP contribution < -0.4 is 0 Å². The third-order valence-corrected chi connectivity index (χ3v) is 6.00. The lowest BCUT2D eigenvalue weighted by molar-refractivity contribution is -0.159. The number of carbonyl (C=O) groups excluding carboxylic acids is 2. The van der Waals surface area contributed by atoms with Gasteiger partial charge >= 0.3 is 0 Å². The van der Waals surface area contributed by atoms with E-state index in [4.69, 9.17) is 0 Å². The van der Waals surface area contributed by atoms with Crippen molar-refractivity contribution in [2.75, 3.05) is 7.05 Å². The van der Waals surface area contributed by atoms with Crippen LogP contribution in [0.1, 0.15) is 38.3 Å². The molecule has 4 rings (SSSR count). The second-order valence-electron chi connectivity index (χ2n) is 7.42. The minimum atomic E-state index is -0.883. The Morgan fingerprint density at radius 2 is 2.04 bits per heavy atom. The molecular formula is C17H18N4O2. The Balaban J connectivity index is 1.94. The summed E-state index contributed by atoms with van der Waals surface area (Å²) in [6.45, 7) is 3.66. The van der Waals surface area contributed by atoms with Gasteiger partial charge < -0.3 is 9.80 Å². The van der Waals surface area contributed by atoms with Crippen molar-refractivity contribution >= 4 is 11.8 Å². The zero-order valence-corrected chi connectivity index (χ0v) is 13.4. The predicted octanol–water partition coefficient (Wildman–Crippen LogP) is 1.26. The number of hydrogen-bond donors (Lipinski definition) is 0. The first-order valence-electron chi connectivity index (χ1n) is 7.73. The van der Waals surface area contributed by atoms with Gasteiger partial charge in [-0.1, -0.05) is 6.07 Å². The summed E-state index contributed by atoms with van der Waals surface area (Å²) in [6, 6.07) is 5.61. The van der Waals surface area contributed by atoms with Crippen molar-refractivity contribution < 1.29 is 9.59 Å². The van der Waals surface area contributed by atoms with Crippen molar-refractivity contribution in [2.45, 2.75) is 43.8 Å². The van der Waals surface area contributed by atoms with Crippen LogP contribution in [0.3, 0.4) is 0 Å². The molecule has 6 heteroatoms. The van der Waals surface area contributed by atoms with E-state index >= 15 is 0 Å². The molecule has 0 radical (unpaired) electrons. The van der Waals surface area contributed by atoms with Gasteiger partial charge in [-0.05, 0) is 25.5 Å². The Morgan fingerprint density at radius 3 is 2.65 bits per heavy atom. The molecular weight excluding hydrogens is 292 g/mol. The lowest BCUT2D eigenvalue weighted by Gasteiger charge is -2.41. The summed E-state index contributed by atoms with van der Waals surface area (Å²) in [5.74, 6) is -0.111. The van der Waals surface area contributed by atoms with Crippen LogP contribution in [-0.2, 0) is 9.59 Å². The molecule has 1 aromatic heterocycles. The minimum Gasteiger partial charge on any atom is -0.329 e. The van der Waals surface area contributed by atoms with E-state index in [0.717, 1.165) is 5.56 Å². The van der Waals surface area contributed by atoms with Crippen LogP contribution in [-0.4, -0.2) is 44.7 Å². The third-order valence-electron chi connectivity index (χ3n) is 6.00. The van der Waals surface area contributed by atoms with Crippen LogP contribution in [0.15, 0.2) is 24.5 Å². The molecule has 118 valence electrons. The highest BCUT2D eigenvalue weighted by atomic mass is 16.2. The first-order valence-corrected chi connectivity index (χ1v) is 7.73. The zero-order chi connectivity index (χ0) is 16.6. The van der Waals surface area contributed by atoms with Gasteiger partial charge in [-0.15, -0.1) is 0 Å². The highest BCUT2D eigenvalue weighted by Crippen LogP contribution is 2.64. The molecule has 0 saturated carbocycles. The maximum absolute atomic E-state index is 13.1. The van der Waals surface area contributed by atoms with Gasteiger partial charge in [-0.3, -0.25) is 14.6 Å². The number of likely N-dealkylation sites (N-methyl/N-ethyl adjacent to an activating group) is 1. The summed E-state index contributed by atoms with van der Waals surface area (Å²) in [6.07, 6.45) is 4.19. The molecule has 4 atom stereocenters. The van der Waals surface area contributed by atoms with E-state index in [-0.39, 0.29) is 11.8 Å². The van der Waals surface area contributed by atoms with E-state index in [1.807, 2.05) is 19.9 Å². The molecule has 0 aliphatic carbocycles. The molecule has 3 saturated heterocycles. The number of likely N-dealkylation sites (tertiary alicyclic amines) is 1. The first-order chi connectivity index (χ1) is 10.8. The van der Waals surface area contributed by atoms with E-state index in [1.54, 1.807) is 35.3 Å². The summed E-state index contributed by atoms with van der Waals surface area (Å²) >= 11 is 0. The molecule has 2 unspecified atom stereocenters. The Bertz CT molecular complexity index is 773. The molecule has 3 aliphatic rings. The normalized spacial score (nSPS) is 41.4. The fraction of sp³-hybridized carbons (Fsp3) is 0.529. The highest BCUT2D eigenvalue weighted by Gasteiger charge is 2.77. The summed E-state index contributed by atoms with van der Waals surface area (Å²) in [5, 5.41) is 9.81. The number of rotatable bonds is 1. The fourth-order valence-electron chi connectivity index (χ4n) is 4.89. The number of carbonyl (C=O) groups is 2. The quantitative estimate of drug-likeness (QED) is 0.782. The second kappa shape index (κ2) is 3.91. The van der Waals surface area contributed by atoms with Gasteiger partial charge in [-0.2, -0.15) is 5.26 Å². The number of aromatic nitrogens is 1. The van der Waals surface area contributed by atoms with Crippen molar-refractivity contribution in [1.29, 1.82) is 5.26 Å². The molecule has 2 amide bonds. The Morgan fingerprint density at radius 1 is 1.30 bits per heavy atom. The molecule has 4 heterocycles. The SMILES string of the molecule is CN1C(=O)[C@@]23CC1(C)C(=O)N2C(c1cccnc1)[C@](C)(C#N)C3. The van der Waals surface area contributed by atoms with E-state index in [0.29, 0.717) is 12.8 Å². The number of nitriles is 1. The fourth-order valence-corrected chi connectivity index (χ4v) is 4.89. The first kappa shape index (κ1) is 14.2. The van der Waals surface area contributed by atoms with Gasteiger partial charge in [-0.25, -0.2) is 0 Å². The molecule has 1 aromatic rings. The molecule has 6 nitrogen and oxygen atoms in total. The van der Waals surface area contributed by atoms with Crippen LogP contribution in [0.4, 0.5) is 0 Å². The number of hydrogen-bond acceptors (Lipinski definition) is 4. The largest absolute Gasteiger partial charge is 0.329 e. The van der Waals surface area contributed by atoms with E-state index in [9.17, 15) is 14.9 Å². The van der Waals surface area contributed by atoms with Gasteiger partial charge in [0.05, 0.1) is 17.5 Å².